The maximum absolute atomic E-state index is 10.5. The summed E-state index contributed by atoms with van der Waals surface area (Å²) < 4.78 is 12.4. The Kier molecular flexibility index (Phi) is 6.06. The Morgan fingerprint density at radius 2 is 2.03 bits per heavy atom. The molecule has 6 N–H and O–H groups in total. The van der Waals surface area contributed by atoms with Gasteiger partial charge in [-0.3, -0.25) is 4.57 Å². The summed E-state index contributed by atoms with van der Waals surface area (Å²) in [6.07, 6.45) is -1.36. The zero-order valence-electron chi connectivity index (χ0n) is 16.2. The van der Waals surface area contributed by atoms with Crippen molar-refractivity contribution in [2.45, 2.75) is 31.1 Å². The minimum atomic E-state index is -1.22. The molecular weight excluding hydrogens is 451 g/mol. The van der Waals surface area contributed by atoms with Crippen LogP contribution in [-0.2, 0) is 11.3 Å². The number of nitrogens with two attached hydrogens (primary N) is 1. The molecule has 1 fully saturated rings. The van der Waals surface area contributed by atoms with Crippen LogP contribution in [0.15, 0.2) is 18.7 Å². The largest absolute Gasteiger partial charge is 0.503 e. The highest BCUT2D eigenvalue weighted by molar-refractivity contribution is 6.37. The lowest BCUT2D eigenvalue weighted by Crippen LogP contribution is -2.37. The number of phenols is 1. The first-order valence-corrected chi connectivity index (χ1v) is 9.98. The van der Waals surface area contributed by atoms with Crippen LogP contribution in [0.5, 0.6) is 11.5 Å². The third-order valence-corrected chi connectivity index (χ3v) is 5.86. The molecular formula is C18H20Cl2N6O5. The van der Waals surface area contributed by atoms with Crippen molar-refractivity contribution >= 4 is 40.2 Å². The molecule has 166 valence electrons. The molecule has 1 aliphatic rings. The monoisotopic (exact) mass is 470 g/mol. The van der Waals surface area contributed by atoms with Crippen molar-refractivity contribution in [1.29, 1.82) is 0 Å². The van der Waals surface area contributed by atoms with Crippen LogP contribution in [0.1, 0.15) is 11.8 Å². The molecule has 0 spiro atoms. The van der Waals surface area contributed by atoms with E-state index < -0.39 is 24.5 Å². The third-order valence-electron chi connectivity index (χ3n) is 5.12. The van der Waals surface area contributed by atoms with E-state index >= 15 is 0 Å². The summed E-state index contributed by atoms with van der Waals surface area (Å²) in [5.74, 6) is 0.147. The molecule has 4 rings (SSSR count). The summed E-state index contributed by atoms with van der Waals surface area (Å²) in [5, 5.41) is 34.5. The van der Waals surface area contributed by atoms with E-state index in [0.29, 0.717) is 21.7 Å². The van der Waals surface area contributed by atoms with Gasteiger partial charge < -0.3 is 35.8 Å². The second-order valence-electron chi connectivity index (χ2n) is 6.96. The average molecular weight is 471 g/mol. The second-order valence-corrected chi connectivity index (χ2v) is 7.75. The number of nitrogen functional groups attached to an aromatic ring is 1. The highest BCUT2D eigenvalue weighted by Gasteiger charge is 2.44. The van der Waals surface area contributed by atoms with E-state index in [1.807, 2.05) is 0 Å². The number of halogens is 2. The molecule has 1 saturated heterocycles. The number of imidazole rings is 1. The van der Waals surface area contributed by atoms with Gasteiger partial charge in [0.15, 0.2) is 29.2 Å². The first kappa shape index (κ1) is 21.8. The van der Waals surface area contributed by atoms with Gasteiger partial charge in [0.05, 0.1) is 23.5 Å². The zero-order valence-corrected chi connectivity index (χ0v) is 17.7. The first-order chi connectivity index (χ1) is 14.8. The summed E-state index contributed by atoms with van der Waals surface area (Å²) in [6, 6.07) is 1.46. The van der Waals surface area contributed by atoms with Crippen LogP contribution in [-0.4, -0.2) is 66.8 Å². The van der Waals surface area contributed by atoms with E-state index in [0.717, 1.165) is 0 Å². The Hall–Kier alpha value is -2.41. The summed E-state index contributed by atoms with van der Waals surface area (Å²) >= 11 is 12.4. The van der Waals surface area contributed by atoms with E-state index in [9.17, 15) is 15.3 Å². The molecule has 3 aromatic rings. The molecule has 4 atom stereocenters. The fraction of sp³-hybridized carbons (Fsp3) is 0.389. The number of hydrogen-bond donors (Lipinski definition) is 5. The van der Waals surface area contributed by atoms with Crippen molar-refractivity contribution in [3.63, 3.8) is 0 Å². The molecule has 0 saturated carbocycles. The van der Waals surface area contributed by atoms with Crippen LogP contribution in [0.25, 0.3) is 11.2 Å². The molecule has 0 radical (unpaired) electrons. The van der Waals surface area contributed by atoms with Crippen molar-refractivity contribution in [2.75, 3.05) is 19.4 Å². The molecule has 1 aliphatic heterocycles. The van der Waals surface area contributed by atoms with Gasteiger partial charge in [-0.1, -0.05) is 23.2 Å². The number of hydrogen-bond acceptors (Lipinski definition) is 10. The number of nitrogens with one attached hydrogen (secondary N) is 1. The van der Waals surface area contributed by atoms with Gasteiger partial charge in [0.2, 0.25) is 0 Å². The van der Waals surface area contributed by atoms with Gasteiger partial charge >= 0.3 is 0 Å². The van der Waals surface area contributed by atoms with E-state index in [-0.39, 0.29) is 35.4 Å². The van der Waals surface area contributed by atoms with Crippen LogP contribution in [0.3, 0.4) is 0 Å². The topological polar surface area (TPSA) is 161 Å². The molecule has 0 bridgehead atoms. The molecule has 3 heterocycles. The lowest BCUT2D eigenvalue weighted by atomic mass is 10.1. The number of anilines is 1. The molecule has 1 aromatic carbocycles. The maximum Gasteiger partial charge on any atom is 0.177 e. The standard InChI is InChI=1S/C18H20Cl2N6O5/c1-30-9-2-8(19)7(11(20)13(9)27)3-22-4-10-14(28)15(29)18(31-10)26-6-25-12-16(21)23-5-24-17(12)26/h2,5-6,10,14-15,18,22,27-29H,3-4H2,1H3,(H2,21,23,24)/t10-,14-,15-,18-/m1/s1. The first-order valence-electron chi connectivity index (χ1n) is 9.22. The quantitative estimate of drug-likeness (QED) is 0.348. The Morgan fingerprint density at radius 1 is 1.26 bits per heavy atom. The van der Waals surface area contributed by atoms with Crippen LogP contribution in [0, 0.1) is 0 Å². The normalized spacial score (nSPS) is 23.5. The van der Waals surface area contributed by atoms with E-state index in [4.69, 9.17) is 38.4 Å². The maximum atomic E-state index is 10.5. The van der Waals surface area contributed by atoms with Crippen LogP contribution in [0.4, 0.5) is 5.82 Å². The van der Waals surface area contributed by atoms with Crippen molar-refractivity contribution in [3.8, 4) is 11.5 Å². The Balaban J connectivity index is 1.46. The van der Waals surface area contributed by atoms with Gasteiger partial charge in [-0.25, -0.2) is 15.0 Å². The SMILES string of the molecule is COc1cc(Cl)c(CNC[C@H]2O[C@@H](n3cnc4c(N)ncnc43)[C@H](O)[C@@H]2O)c(Cl)c1O. The number of phenolic OH excluding ortho intramolecular Hbond substituents is 1. The number of methoxy groups -OCH3 is 1. The predicted molar refractivity (Wildman–Crippen MR) is 112 cm³/mol. The van der Waals surface area contributed by atoms with Gasteiger partial charge in [-0.2, -0.15) is 0 Å². The molecule has 13 heteroatoms. The number of ether oxygens (including phenoxy) is 2. The zero-order chi connectivity index (χ0) is 22.3. The number of fused-ring (bicyclic) bond motifs is 1. The molecule has 2 aromatic heterocycles. The van der Waals surface area contributed by atoms with E-state index in [1.165, 1.54) is 30.4 Å². The summed E-state index contributed by atoms with van der Waals surface area (Å²) in [4.78, 5) is 12.2. The van der Waals surface area contributed by atoms with Crippen LogP contribution >= 0.6 is 23.2 Å². The molecule has 11 nitrogen and oxygen atoms in total. The number of aromatic nitrogens is 4. The van der Waals surface area contributed by atoms with E-state index in [1.54, 1.807) is 0 Å². The van der Waals surface area contributed by atoms with Gasteiger partial charge in [0.1, 0.15) is 30.2 Å². The third kappa shape index (κ3) is 3.84. The summed E-state index contributed by atoms with van der Waals surface area (Å²) in [5.41, 5.74) is 7.00. The minimum Gasteiger partial charge on any atom is -0.503 e. The second kappa shape index (κ2) is 8.61. The number of aromatic hydroxyl groups is 1. The van der Waals surface area contributed by atoms with Crippen molar-refractivity contribution in [1.82, 2.24) is 24.8 Å². The van der Waals surface area contributed by atoms with Crippen LogP contribution < -0.4 is 15.8 Å². The Morgan fingerprint density at radius 3 is 2.77 bits per heavy atom. The molecule has 0 aliphatic carbocycles. The van der Waals surface area contributed by atoms with E-state index in [2.05, 4.69) is 20.3 Å². The number of rotatable bonds is 6. The lowest BCUT2D eigenvalue weighted by Gasteiger charge is -2.17. The molecule has 0 unspecified atom stereocenters. The number of aliphatic hydroxyl groups is 2. The average Bonchev–Trinajstić information content (AvgIpc) is 3.30. The number of benzene rings is 1. The minimum absolute atomic E-state index is 0.0600. The molecule has 0 amide bonds. The Bertz CT molecular complexity index is 1110. The smallest absolute Gasteiger partial charge is 0.177 e. The predicted octanol–water partition coefficient (Wildman–Crippen LogP) is 0.838. The van der Waals surface area contributed by atoms with Crippen molar-refractivity contribution in [3.05, 3.63) is 34.3 Å². The number of nitrogens with zero attached hydrogens (tertiary/aromatic N) is 4. The van der Waals surface area contributed by atoms with Gasteiger partial charge in [0, 0.05) is 24.7 Å². The highest BCUT2D eigenvalue weighted by atomic mass is 35.5. The summed E-state index contributed by atoms with van der Waals surface area (Å²) in [7, 11) is 1.39. The fourth-order valence-electron chi connectivity index (χ4n) is 3.47. The van der Waals surface area contributed by atoms with Gasteiger partial charge in [-0.15, -0.1) is 0 Å². The fourth-order valence-corrected chi connectivity index (χ4v) is 4.04. The Labute approximate surface area is 186 Å². The van der Waals surface area contributed by atoms with Crippen molar-refractivity contribution in [2.24, 2.45) is 0 Å². The number of aliphatic hydroxyl groups excluding tert-OH is 2. The van der Waals surface area contributed by atoms with Crippen LogP contribution in [0.2, 0.25) is 10.0 Å². The highest BCUT2D eigenvalue weighted by Crippen LogP contribution is 2.40. The molecule has 31 heavy (non-hydrogen) atoms. The summed E-state index contributed by atoms with van der Waals surface area (Å²) in [6.45, 7) is 0.345. The lowest BCUT2D eigenvalue weighted by molar-refractivity contribution is -0.0342. The van der Waals surface area contributed by atoms with Gasteiger partial charge in [0.25, 0.3) is 0 Å². The van der Waals surface area contributed by atoms with Gasteiger partial charge in [-0.05, 0) is 0 Å². The van der Waals surface area contributed by atoms with Crippen molar-refractivity contribution < 1.29 is 24.8 Å².